The Morgan fingerprint density at radius 1 is 1.26 bits per heavy atom. The minimum atomic E-state index is -0.411. The van der Waals surface area contributed by atoms with Crippen molar-refractivity contribution < 1.29 is 19.2 Å². The Morgan fingerprint density at radius 2 is 2.03 bits per heavy atom. The van der Waals surface area contributed by atoms with E-state index in [1.807, 2.05) is 13.8 Å². The zero-order valence-corrected chi connectivity index (χ0v) is 21.1. The van der Waals surface area contributed by atoms with Gasteiger partial charge in [-0.25, -0.2) is 0 Å². The van der Waals surface area contributed by atoms with Crippen molar-refractivity contribution in [3.05, 3.63) is 28.8 Å². The Labute approximate surface area is 205 Å². The van der Waals surface area contributed by atoms with Gasteiger partial charge in [-0.15, -0.1) is 0 Å². The van der Waals surface area contributed by atoms with Gasteiger partial charge in [0, 0.05) is 36.8 Å². The van der Waals surface area contributed by atoms with E-state index in [9.17, 15) is 9.59 Å². The van der Waals surface area contributed by atoms with Gasteiger partial charge in [-0.1, -0.05) is 11.8 Å². The number of hydrogen-bond donors (Lipinski definition) is 1. The van der Waals surface area contributed by atoms with Crippen molar-refractivity contribution in [2.45, 2.75) is 50.2 Å². The second kappa shape index (κ2) is 8.88. The number of benzene rings is 1. The highest BCUT2D eigenvalue weighted by Crippen LogP contribution is 2.48. The number of anilines is 2. The van der Waals surface area contributed by atoms with E-state index >= 15 is 0 Å². The summed E-state index contributed by atoms with van der Waals surface area (Å²) in [6, 6.07) is 6.82. The summed E-state index contributed by atoms with van der Waals surface area (Å²) in [4.78, 5) is 37.1. The van der Waals surface area contributed by atoms with Gasteiger partial charge in [-0.3, -0.25) is 9.59 Å². The highest BCUT2D eigenvalue weighted by molar-refractivity contribution is 8.04. The first-order chi connectivity index (χ1) is 16.3. The van der Waals surface area contributed by atoms with E-state index in [2.05, 4.69) is 52.3 Å². The molecule has 4 heterocycles. The zero-order chi connectivity index (χ0) is 24.0. The van der Waals surface area contributed by atoms with Crippen molar-refractivity contribution in [3.8, 4) is 5.75 Å². The summed E-state index contributed by atoms with van der Waals surface area (Å²) >= 11 is 1.42. The van der Waals surface area contributed by atoms with Crippen molar-refractivity contribution in [3.63, 3.8) is 0 Å². The van der Waals surface area contributed by atoms with Crippen LogP contribution in [0.2, 0.25) is 0 Å². The van der Waals surface area contributed by atoms with E-state index in [1.54, 1.807) is 5.06 Å². The van der Waals surface area contributed by atoms with Gasteiger partial charge < -0.3 is 29.6 Å². The lowest BCUT2D eigenvalue weighted by Gasteiger charge is -2.40. The third kappa shape index (κ3) is 4.17. The number of nitrogens with one attached hydrogen (secondary N) is 1. The maximum absolute atomic E-state index is 12.8. The first-order valence-electron chi connectivity index (χ1n) is 11.8. The third-order valence-corrected chi connectivity index (χ3v) is 8.44. The molecule has 0 radical (unpaired) electrons. The van der Waals surface area contributed by atoms with Crippen LogP contribution in [-0.4, -0.2) is 79.8 Å². The molecular weight excluding hydrogens is 454 g/mol. The molecule has 1 atom stereocenters. The molecule has 4 aliphatic heterocycles. The van der Waals surface area contributed by atoms with Gasteiger partial charge in [-0.05, 0) is 59.0 Å². The van der Waals surface area contributed by atoms with E-state index in [-0.39, 0.29) is 11.4 Å². The molecule has 0 aromatic heterocycles. The molecule has 0 spiro atoms. The molecule has 1 N–H and O–H groups in total. The Hall–Kier alpha value is -2.59. The number of hydrogen-bond acceptors (Lipinski definition) is 9. The molecule has 1 fully saturated rings. The van der Waals surface area contributed by atoms with Crippen molar-refractivity contribution in [2.75, 3.05) is 50.1 Å². The van der Waals surface area contributed by atoms with Gasteiger partial charge >= 0.3 is 6.47 Å². The molecule has 1 saturated heterocycles. The first kappa shape index (κ1) is 23.2. The summed E-state index contributed by atoms with van der Waals surface area (Å²) in [5.41, 5.74) is 2.04. The lowest BCUT2D eigenvalue weighted by atomic mass is 9.94. The smallest absolute Gasteiger partial charge is 0.320 e. The van der Waals surface area contributed by atoms with Crippen LogP contribution in [0.5, 0.6) is 5.75 Å². The fourth-order valence-electron chi connectivity index (χ4n) is 5.25. The van der Waals surface area contributed by atoms with Crippen LogP contribution in [-0.2, 0) is 14.4 Å². The predicted octanol–water partition coefficient (Wildman–Crippen LogP) is 2.35. The summed E-state index contributed by atoms with van der Waals surface area (Å²) in [6.45, 7) is 7.73. The molecule has 184 valence electrons. The van der Waals surface area contributed by atoms with Crippen LogP contribution in [0.15, 0.2) is 28.8 Å². The van der Waals surface area contributed by atoms with Gasteiger partial charge in [0.1, 0.15) is 12.4 Å². The maximum atomic E-state index is 12.8. The molecule has 0 aliphatic carbocycles. The largest absolute Gasteiger partial charge is 0.489 e. The molecule has 9 nitrogen and oxygen atoms in total. The lowest BCUT2D eigenvalue weighted by Crippen LogP contribution is -2.50. The van der Waals surface area contributed by atoms with Crippen LogP contribution in [0.3, 0.4) is 0 Å². The predicted molar refractivity (Wildman–Crippen MR) is 132 cm³/mol. The molecule has 10 heteroatoms. The summed E-state index contributed by atoms with van der Waals surface area (Å²) in [6.07, 6.45) is 2.87. The van der Waals surface area contributed by atoms with Gasteiger partial charge in [0.25, 0.3) is 5.91 Å². The van der Waals surface area contributed by atoms with Crippen molar-refractivity contribution >= 4 is 35.5 Å². The van der Waals surface area contributed by atoms with E-state index in [0.29, 0.717) is 37.0 Å². The van der Waals surface area contributed by atoms with E-state index in [1.165, 1.54) is 11.8 Å². The standard InChI is InChI=1S/C24H33N5O4S/c1-24(2)14-19-21(22(31)25-24)34-23(29(19)33-15-30)28-11-12-32-20-13-17(5-6-18(20)28)27(4)16-7-9-26(3)10-8-16/h5-6,13,15-16,23H,7-12,14H2,1-4H3,(H,25,31). The Balaban J connectivity index is 1.40. The monoisotopic (exact) mass is 487 g/mol. The molecule has 0 bridgehead atoms. The van der Waals surface area contributed by atoms with Crippen molar-refractivity contribution in [2.24, 2.45) is 0 Å². The number of fused-ring (bicyclic) bond motifs is 1. The Bertz CT molecular complexity index is 1010. The van der Waals surface area contributed by atoms with Crippen LogP contribution in [0.1, 0.15) is 33.1 Å². The second-order valence-electron chi connectivity index (χ2n) is 10.1. The number of hydroxylamine groups is 2. The fourth-order valence-corrected chi connectivity index (χ4v) is 6.53. The topological polar surface area (TPSA) is 77.6 Å². The molecular formula is C24H33N5O4S. The van der Waals surface area contributed by atoms with Gasteiger partial charge in [-0.2, -0.15) is 5.06 Å². The van der Waals surface area contributed by atoms with E-state index in [4.69, 9.17) is 9.57 Å². The number of likely N-dealkylation sites (tertiary alicyclic amines) is 1. The van der Waals surface area contributed by atoms with Crippen LogP contribution < -0.4 is 19.9 Å². The first-order valence-corrected chi connectivity index (χ1v) is 12.7. The number of thioether (sulfide) groups is 1. The number of ether oxygens (including phenoxy) is 1. The number of nitrogens with zero attached hydrogens (tertiary/aromatic N) is 4. The molecule has 34 heavy (non-hydrogen) atoms. The zero-order valence-electron chi connectivity index (χ0n) is 20.2. The minimum absolute atomic E-state index is 0.123. The minimum Gasteiger partial charge on any atom is -0.489 e. The number of carbonyl (C=O) groups excluding carboxylic acids is 2. The highest BCUT2D eigenvalue weighted by atomic mass is 32.2. The van der Waals surface area contributed by atoms with Crippen LogP contribution in [0, 0.1) is 0 Å². The molecule has 1 unspecified atom stereocenters. The Kier molecular flexibility index (Phi) is 6.05. The average molecular weight is 488 g/mol. The van der Waals surface area contributed by atoms with Crippen molar-refractivity contribution in [1.29, 1.82) is 0 Å². The quantitative estimate of drug-likeness (QED) is 0.630. The van der Waals surface area contributed by atoms with Crippen LogP contribution in [0.4, 0.5) is 11.4 Å². The Morgan fingerprint density at radius 3 is 2.76 bits per heavy atom. The fraction of sp³-hybridized carbons (Fsp3) is 0.583. The number of amides is 1. The molecule has 4 aliphatic rings. The highest BCUT2D eigenvalue weighted by Gasteiger charge is 2.47. The third-order valence-electron chi connectivity index (χ3n) is 7.13. The van der Waals surface area contributed by atoms with Gasteiger partial charge in [0.15, 0.2) is 5.50 Å². The number of piperidine rings is 1. The molecule has 0 saturated carbocycles. The van der Waals surface area contributed by atoms with Gasteiger partial charge in [0.05, 0.1) is 22.8 Å². The summed E-state index contributed by atoms with van der Waals surface area (Å²) in [5, 5.41) is 4.64. The van der Waals surface area contributed by atoms with Crippen molar-refractivity contribution in [1.82, 2.24) is 15.3 Å². The lowest BCUT2D eigenvalue weighted by molar-refractivity contribution is -0.168. The normalized spacial score (nSPS) is 24.8. The van der Waals surface area contributed by atoms with Crippen LogP contribution >= 0.6 is 11.8 Å². The van der Waals surface area contributed by atoms with Crippen LogP contribution in [0.25, 0.3) is 0 Å². The molecule has 1 amide bonds. The second-order valence-corrected chi connectivity index (χ2v) is 11.2. The summed E-state index contributed by atoms with van der Waals surface area (Å²) in [7, 11) is 4.33. The average Bonchev–Trinajstić information content (AvgIpc) is 3.16. The van der Waals surface area contributed by atoms with Gasteiger partial charge in [0.2, 0.25) is 0 Å². The number of rotatable bonds is 5. The number of carbonyl (C=O) groups is 2. The molecule has 5 rings (SSSR count). The molecule has 1 aromatic rings. The molecule has 1 aromatic carbocycles. The van der Waals surface area contributed by atoms with E-state index < -0.39 is 5.54 Å². The maximum Gasteiger partial charge on any atom is 0.320 e. The summed E-state index contributed by atoms with van der Waals surface area (Å²) in [5.74, 6) is 0.687. The summed E-state index contributed by atoms with van der Waals surface area (Å²) < 4.78 is 6.07. The SMILES string of the molecule is CN1CCC(N(C)c2ccc3c(c2)OCCN3C2SC3=C(CC(C)(C)NC3=O)N2OC=O)CC1. The van der Waals surface area contributed by atoms with E-state index in [0.717, 1.165) is 48.8 Å².